The first kappa shape index (κ1) is 20.8. The minimum atomic E-state index is -0.0857. The maximum absolute atomic E-state index is 11.7. The Labute approximate surface area is 173 Å². The van der Waals surface area contributed by atoms with Crippen LogP contribution in [-0.2, 0) is 23.2 Å². The summed E-state index contributed by atoms with van der Waals surface area (Å²) in [5.41, 5.74) is 5.45. The number of amides is 1. The van der Waals surface area contributed by atoms with Crippen molar-refractivity contribution in [3.8, 4) is 0 Å². The van der Waals surface area contributed by atoms with E-state index in [2.05, 4.69) is 79.7 Å². The van der Waals surface area contributed by atoms with E-state index in [1.54, 1.807) is 6.92 Å². The van der Waals surface area contributed by atoms with Gasteiger partial charge in [0.15, 0.2) is 0 Å². The van der Waals surface area contributed by atoms with E-state index >= 15 is 0 Å². The molecule has 0 atom stereocenters. The van der Waals surface area contributed by atoms with Gasteiger partial charge in [0.1, 0.15) is 5.82 Å². The molecule has 3 rings (SSSR count). The van der Waals surface area contributed by atoms with E-state index in [1.165, 1.54) is 11.1 Å². The molecule has 4 heteroatoms. The first-order valence-corrected chi connectivity index (χ1v) is 10.2. The standard InChI is InChI=1S/C25H31N3O/c1-18(2)24(29)26-16-8-11-23-27-21-9-6-7-10-22(21)28(23)17-19-12-14-20(15-13-19)25(3,4)5/h6-7,9-10,12-15H,1,8,11,16-17H2,2-5H3,(H,26,29). The molecule has 0 aliphatic rings. The molecule has 3 aromatic rings. The molecule has 0 saturated heterocycles. The first-order valence-electron chi connectivity index (χ1n) is 10.2. The maximum atomic E-state index is 11.7. The maximum Gasteiger partial charge on any atom is 0.246 e. The number of nitrogens with one attached hydrogen (secondary N) is 1. The SMILES string of the molecule is C=C(C)C(=O)NCCCc1nc2ccccc2n1Cc1ccc(C(C)(C)C)cc1. The Kier molecular flexibility index (Phi) is 6.21. The molecule has 1 N–H and O–H groups in total. The summed E-state index contributed by atoms with van der Waals surface area (Å²) in [5, 5.41) is 2.90. The first-order chi connectivity index (χ1) is 13.8. The van der Waals surface area contributed by atoms with Crippen LogP contribution in [-0.4, -0.2) is 22.0 Å². The Morgan fingerprint density at radius 1 is 1.10 bits per heavy atom. The molecule has 1 heterocycles. The minimum absolute atomic E-state index is 0.0857. The topological polar surface area (TPSA) is 46.9 Å². The second-order valence-corrected chi connectivity index (χ2v) is 8.69. The summed E-state index contributed by atoms with van der Waals surface area (Å²) in [5.74, 6) is 0.966. The van der Waals surface area contributed by atoms with E-state index in [4.69, 9.17) is 4.98 Å². The van der Waals surface area contributed by atoms with E-state index in [1.807, 2.05) is 6.07 Å². The third-order valence-electron chi connectivity index (χ3n) is 5.14. The fourth-order valence-electron chi connectivity index (χ4n) is 3.38. The Balaban J connectivity index is 1.78. The zero-order valence-electron chi connectivity index (χ0n) is 18.0. The van der Waals surface area contributed by atoms with Gasteiger partial charge in [0.2, 0.25) is 5.91 Å². The Morgan fingerprint density at radius 3 is 2.45 bits per heavy atom. The van der Waals surface area contributed by atoms with E-state index in [0.717, 1.165) is 36.2 Å². The van der Waals surface area contributed by atoms with Gasteiger partial charge in [-0.1, -0.05) is 63.7 Å². The van der Waals surface area contributed by atoms with Crippen LogP contribution in [0.5, 0.6) is 0 Å². The Hall–Kier alpha value is -2.88. The number of para-hydroxylation sites is 2. The third kappa shape index (κ3) is 5.14. The van der Waals surface area contributed by atoms with Crippen LogP contribution >= 0.6 is 0 Å². The molecule has 152 valence electrons. The lowest BCUT2D eigenvalue weighted by Gasteiger charge is -2.19. The van der Waals surface area contributed by atoms with Crippen molar-refractivity contribution in [1.82, 2.24) is 14.9 Å². The fraction of sp³-hybridized carbons (Fsp3) is 0.360. The molecule has 2 aromatic carbocycles. The zero-order valence-corrected chi connectivity index (χ0v) is 18.0. The number of fused-ring (bicyclic) bond motifs is 1. The van der Waals surface area contributed by atoms with Crippen molar-refractivity contribution in [2.24, 2.45) is 0 Å². The van der Waals surface area contributed by atoms with Crippen LogP contribution in [0.2, 0.25) is 0 Å². The van der Waals surface area contributed by atoms with Gasteiger partial charge in [0, 0.05) is 25.1 Å². The lowest BCUT2D eigenvalue weighted by atomic mass is 9.87. The number of carbonyl (C=O) groups is 1. The monoisotopic (exact) mass is 389 g/mol. The van der Waals surface area contributed by atoms with Gasteiger partial charge < -0.3 is 9.88 Å². The average molecular weight is 390 g/mol. The largest absolute Gasteiger partial charge is 0.352 e. The number of benzene rings is 2. The highest BCUT2D eigenvalue weighted by Gasteiger charge is 2.14. The van der Waals surface area contributed by atoms with E-state index in [9.17, 15) is 4.79 Å². The lowest BCUT2D eigenvalue weighted by Crippen LogP contribution is -2.25. The van der Waals surface area contributed by atoms with Crippen molar-refractivity contribution >= 4 is 16.9 Å². The van der Waals surface area contributed by atoms with Gasteiger partial charge in [-0.2, -0.15) is 0 Å². The normalized spacial score (nSPS) is 11.6. The van der Waals surface area contributed by atoms with E-state index in [0.29, 0.717) is 12.1 Å². The molecule has 0 bridgehead atoms. The van der Waals surface area contributed by atoms with Crippen LogP contribution in [0.15, 0.2) is 60.7 Å². The molecule has 1 aromatic heterocycles. The van der Waals surface area contributed by atoms with Crippen molar-refractivity contribution in [3.05, 3.63) is 77.6 Å². The van der Waals surface area contributed by atoms with Crippen molar-refractivity contribution < 1.29 is 4.79 Å². The van der Waals surface area contributed by atoms with Crippen LogP contribution in [0, 0.1) is 0 Å². The number of hydrogen-bond acceptors (Lipinski definition) is 2. The minimum Gasteiger partial charge on any atom is -0.352 e. The molecule has 4 nitrogen and oxygen atoms in total. The molecule has 0 aliphatic carbocycles. The highest BCUT2D eigenvalue weighted by molar-refractivity contribution is 5.92. The molecule has 1 amide bonds. The summed E-state index contributed by atoms with van der Waals surface area (Å²) in [6.07, 6.45) is 1.65. The van der Waals surface area contributed by atoms with Gasteiger partial charge in [0.05, 0.1) is 11.0 Å². The summed E-state index contributed by atoms with van der Waals surface area (Å²) in [6.45, 7) is 13.5. The number of aromatic nitrogens is 2. The number of hydrogen-bond donors (Lipinski definition) is 1. The molecule has 0 saturated carbocycles. The molecular weight excluding hydrogens is 358 g/mol. The van der Waals surface area contributed by atoms with Crippen molar-refractivity contribution in [1.29, 1.82) is 0 Å². The fourth-order valence-corrected chi connectivity index (χ4v) is 3.38. The van der Waals surface area contributed by atoms with Gasteiger partial charge in [-0.3, -0.25) is 4.79 Å². The average Bonchev–Trinajstić information content (AvgIpc) is 3.02. The summed E-state index contributed by atoms with van der Waals surface area (Å²) in [7, 11) is 0. The zero-order chi connectivity index (χ0) is 21.0. The van der Waals surface area contributed by atoms with E-state index in [-0.39, 0.29) is 11.3 Å². The smallest absolute Gasteiger partial charge is 0.246 e. The number of nitrogens with zero attached hydrogens (tertiary/aromatic N) is 2. The van der Waals surface area contributed by atoms with Gasteiger partial charge in [-0.25, -0.2) is 4.98 Å². The Bertz CT molecular complexity index is 1010. The van der Waals surface area contributed by atoms with Crippen LogP contribution in [0.25, 0.3) is 11.0 Å². The predicted molar refractivity (Wildman–Crippen MR) is 120 cm³/mol. The summed E-state index contributed by atoms with van der Waals surface area (Å²) in [6, 6.07) is 17.1. The second-order valence-electron chi connectivity index (χ2n) is 8.69. The molecule has 0 fully saturated rings. The third-order valence-corrected chi connectivity index (χ3v) is 5.14. The van der Waals surface area contributed by atoms with Crippen LogP contribution < -0.4 is 5.32 Å². The molecule has 29 heavy (non-hydrogen) atoms. The van der Waals surface area contributed by atoms with Gasteiger partial charge >= 0.3 is 0 Å². The Morgan fingerprint density at radius 2 is 1.79 bits per heavy atom. The quantitative estimate of drug-likeness (QED) is 0.456. The molecular formula is C25H31N3O. The summed E-state index contributed by atoms with van der Waals surface area (Å²) >= 11 is 0. The number of aryl methyl sites for hydroxylation is 1. The second kappa shape index (κ2) is 8.64. The molecule has 0 radical (unpaired) electrons. The van der Waals surface area contributed by atoms with E-state index < -0.39 is 0 Å². The number of carbonyl (C=O) groups excluding carboxylic acids is 1. The molecule has 0 aliphatic heterocycles. The molecule has 0 unspecified atom stereocenters. The van der Waals surface area contributed by atoms with Gasteiger partial charge in [-0.05, 0) is 42.0 Å². The van der Waals surface area contributed by atoms with Crippen LogP contribution in [0.1, 0.15) is 51.1 Å². The predicted octanol–water partition coefficient (Wildman–Crippen LogP) is 5.01. The highest BCUT2D eigenvalue weighted by atomic mass is 16.1. The van der Waals surface area contributed by atoms with Crippen molar-refractivity contribution in [2.45, 2.75) is 52.5 Å². The lowest BCUT2D eigenvalue weighted by molar-refractivity contribution is -0.117. The van der Waals surface area contributed by atoms with Crippen molar-refractivity contribution in [2.75, 3.05) is 6.54 Å². The number of imidazole rings is 1. The van der Waals surface area contributed by atoms with Crippen LogP contribution in [0.3, 0.4) is 0 Å². The van der Waals surface area contributed by atoms with Gasteiger partial charge in [0.25, 0.3) is 0 Å². The highest BCUT2D eigenvalue weighted by Crippen LogP contribution is 2.24. The summed E-state index contributed by atoms with van der Waals surface area (Å²) < 4.78 is 2.29. The van der Waals surface area contributed by atoms with Gasteiger partial charge in [-0.15, -0.1) is 0 Å². The van der Waals surface area contributed by atoms with Crippen molar-refractivity contribution in [3.63, 3.8) is 0 Å². The summed E-state index contributed by atoms with van der Waals surface area (Å²) in [4.78, 5) is 16.5. The number of rotatable bonds is 7. The molecule has 0 spiro atoms. The van der Waals surface area contributed by atoms with Crippen LogP contribution in [0.4, 0.5) is 0 Å².